The van der Waals surface area contributed by atoms with Crippen molar-refractivity contribution in [3.8, 4) is 0 Å². The molecule has 2 aromatic heterocycles. The van der Waals surface area contributed by atoms with Gasteiger partial charge in [0, 0.05) is 24.8 Å². The van der Waals surface area contributed by atoms with Crippen LogP contribution in [-0.4, -0.2) is 31.6 Å². The van der Waals surface area contributed by atoms with Gasteiger partial charge in [0.25, 0.3) is 0 Å². The molecule has 8 heteroatoms. The maximum Gasteiger partial charge on any atom is 0.342 e. The summed E-state index contributed by atoms with van der Waals surface area (Å²) in [6, 6.07) is 10.5. The average Bonchev–Trinajstić information content (AvgIpc) is 3.35. The summed E-state index contributed by atoms with van der Waals surface area (Å²) < 4.78 is 2.50. The van der Waals surface area contributed by atoms with Gasteiger partial charge in [-0.05, 0) is 51.0 Å². The Kier molecular flexibility index (Phi) is 5.04. The molecular weight excluding hydrogens is 356 g/mol. The summed E-state index contributed by atoms with van der Waals surface area (Å²) >= 11 is 0. The minimum absolute atomic E-state index is 0.313. The zero-order chi connectivity index (χ0) is 20.4. The lowest BCUT2D eigenvalue weighted by molar-refractivity contribution is 0.228. The van der Waals surface area contributed by atoms with Gasteiger partial charge in [-0.1, -0.05) is 24.3 Å². The van der Waals surface area contributed by atoms with Crippen molar-refractivity contribution in [1.82, 2.24) is 30.2 Å². The number of carbonyl (C=O) groups excluding carboxylic acids is 2. The van der Waals surface area contributed by atoms with E-state index in [1.807, 2.05) is 52.0 Å². The molecule has 0 atom stereocenters. The lowest BCUT2D eigenvalue weighted by Crippen LogP contribution is -2.45. The molecule has 2 amide bonds. The Balaban J connectivity index is 1.80. The molecule has 0 unspecified atom stereocenters. The molecule has 0 aliphatic heterocycles. The number of rotatable bonds is 4. The number of amides is 2. The largest absolute Gasteiger partial charge is 0.342 e. The van der Waals surface area contributed by atoms with Crippen molar-refractivity contribution in [2.24, 2.45) is 0 Å². The summed E-state index contributed by atoms with van der Waals surface area (Å²) in [6.07, 6.45) is 6.29. The fourth-order valence-corrected chi connectivity index (χ4v) is 2.87. The molecule has 0 fully saturated rings. The number of aromatic nitrogens is 4. The number of benzene rings is 1. The highest BCUT2D eigenvalue weighted by Gasteiger charge is 2.28. The second-order valence-electron chi connectivity index (χ2n) is 7.59. The first kappa shape index (κ1) is 19.3. The van der Waals surface area contributed by atoms with E-state index in [9.17, 15) is 9.59 Å². The quantitative estimate of drug-likeness (QED) is 0.727. The number of hydrogen-bond acceptors (Lipinski definition) is 4. The third-order valence-corrected chi connectivity index (χ3v) is 4.57. The number of nitrogens with zero attached hydrogens (tertiary/aromatic N) is 4. The van der Waals surface area contributed by atoms with Gasteiger partial charge in [0.05, 0.1) is 11.1 Å². The van der Waals surface area contributed by atoms with Crippen molar-refractivity contribution in [2.45, 2.75) is 38.8 Å². The van der Waals surface area contributed by atoms with E-state index in [2.05, 4.69) is 20.8 Å². The number of hydrogen-bond donors (Lipinski definition) is 2. The first-order chi connectivity index (χ1) is 13.2. The molecule has 28 heavy (non-hydrogen) atoms. The normalized spacial score (nSPS) is 11.9. The van der Waals surface area contributed by atoms with Crippen LogP contribution >= 0.6 is 0 Å². The highest BCUT2D eigenvalue weighted by Crippen LogP contribution is 2.26. The van der Waals surface area contributed by atoms with Crippen molar-refractivity contribution in [3.63, 3.8) is 0 Å². The molecule has 0 aliphatic carbocycles. The molecule has 146 valence electrons. The molecule has 2 heterocycles. The van der Waals surface area contributed by atoms with E-state index in [-0.39, 0.29) is 12.1 Å². The Morgan fingerprint density at radius 2 is 1.21 bits per heavy atom. The van der Waals surface area contributed by atoms with Crippen molar-refractivity contribution in [2.75, 3.05) is 0 Å². The van der Waals surface area contributed by atoms with Gasteiger partial charge in [-0.3, -0.25) is 0 Å². The topological polar surface area (TPSA) is 93.8 Å². The SMILES string of the molecule is CC(C)(NC(=O)n1cccn1)c1cccc(C(C)(C)NC(=O)n2cccn2)c1. The second-order valence-corrected chi connectivity index (χ2v) is 7.59. The van der Waals surface area contributed by atoms with Gasteiger partial charge in [-0.25, -0.2) is 9.59 Å². The van der Waals surface area contributed by atoms with Gasteiger partial charge in [0.2, 0.25) is 0 Å². The number of nitrogens with one attached hydrogen (secondary N) is 2. The fourth-order valence-electron chi connectivity index (χ4n) is 2.87. The zero-order valence-electron chi connectivity index (χ0n) is 16.4. The van der Waals surface area contributed by atoms with Crippen LogP contribution in [0.1, 0.15) is 38.8 Å². The average molecular weight is 380 g/mol. The van der Waals surface area contributed by atoms with Crippen LogP contribution in [0, 0.1) is 0 Å². The maximum atomic E-state index is 12.4. The van der Waals surface area contributed by atoms with Crippen molar-refractivity contribution in [3.05, 3.63) is 72.3 Å². The van der Waals surface area contributed by atoms with Gasteiger partial charge < -0.3 is 10.6 Å². The summed E-state index contributed by atoms with van der Waals surface area (Å²) in [4.78, 5) is 24.8. The predicted octanol–water partition coefficient (Wildman–Crippen LogP) is 3.07. The standard InChI is InChI=1S/C20H24N6O2/c1-19(2,23-17(27)25-12-6-10-21-25)15-8-5-9-16(14-15)20(3,4)24-18(28)26-13-7-11-22-26/h5-14H,1-4H3,(H,23,27)(H,24,28). The summed E-state index contributed by atoms with van der Waals surface area (Å²) in [5.74, 6) is 0. The molecule has 0 saturated heterocycles. The molecule has 3 rings (SSSR count). The minimum atomic E-state index is -0.638. The van der Waals surface area contributed by atoms with Crippen LogP contribution in [0.3, 0.4) is 0 Å². The van der Waals surface area contributed by atoms with E-state index in [0.717, 1.165) is 11.1 Å². The Morgan fingerprint density at radius 3 is 1.57 bits per heavy atom. The highest BCUT2D eigenvalue weighted by molar-refractivity contribution is 5.77. The van der Waals surface area contributed by atoms with Gasteiger partial charge in [0.15, 0.2) is 0 Å². The van der Waals surface area contributed by atoms with E-state index in [4.69, 9.17) is 0 Å². The van der Waals surface area contributed by atoms with Crippen molar-refractivity contribution >= 4 is 12.1 Å². The maximum absolute atomic E-state index is 12.4. The Bertz CT molecular complexity index is 883. The monoisotopic (exact) mass is 380 g/mol. The van der Waals surface area contributed by atoms with Crippen LogP contribution in [0.5, 0.6) is 0 Å². The first-order valence-corrected chi connectivity index (χ1v) is 8.94. The van der Waals surface area contributed by atoms with Crippen LogP contribution in [0.15, 0.2) is 61.2 Å². The van der Waals surface area contributed by atoms with Crippen LogP contribution < -0.4 is 10.6 Å². The first-order valence-electron chi connectivity index (χ1n) is 8.94. The van der Waals surface area contributed by atoms with Gasteiger partial charge in [-0.15, -0.1) is 0 Å². The Morgan fingerprint density at radius 1 is 0.786 bits per heavy atom. The lowest BCUT2D eigenvalue weighted by atomic mass is 9.87. The minimum Gasteiger partial charge on any atom is -0.327 e. The molecule has 0 spiro atoms. The third kappa shape index (κ3) is 4.11. The summed E-state index contributed by atoms with van der Waals surface area (Å²) in [6.45, 7) is 7.68. The van der Waals surface area contributed by atoms with E-state index in [0.29, 0.717) is 0 Å². The van der Waals surface area contributed by atoms with Crippen LogP contribution in [0.2, 0.25) is 0 Å². The van der Waals surface area contributed by atoms with Crippen LogP contribution in [-0.2, 0) is 11.1 Å². The highest BCUT2D eigenvalue weighted by atomic mass is 16.2. The Labute approximate surface area is 163 Å². The summed E-state index contributed by atoms with van der Waals surface area (Å²) in [5.41, 5.74) is 0.543. The van der Waals surface area contributed by atoms with E-state index >= 15 is 0 Å². The predicted molar refractivity (Wildman–Crippen MR) is 105 cm³/mol. The zero-order valence-corrected chi connectivity index (χ0v) is 16.4. The van der Waals surface area contributed by atoms with Gasteiger partial charge >= 0.3 is 12.1 Å². The molecule has 3 aromatic rings. The van der Waals surface area contributed by atoms with Crippen molar-refractivity contribution in [1.29, 1.82) is 0 Å². The lowest BCUT2D eigenvalue weighted by Gasteiger charge is -2.31. The second kappa shape index (κ2) is 7.30. The number of carbonyl (C=O) groups is 2. The smallest absolute Gasteiger partial charge is 0.327 e. The molecule has 0 aliphatic rings. The van der Waals surface area contributed by atoms with Crippen molar-refractivity contribution < 1.29 is 9.59 Å². The van der Waals surface area contributed by atoms with E-state index < -0.39 is 11.1 Å². The molecule has 0 bridgehead atoms. The summed E-state index contributed by atoms with van der Waals surface area (Å²) in [5, 5.41) is 13.9. The van der Waals surface area contributed by atoms with E-state index in [1.54, 1.807) is 36.9 Å². The molecule has 0 saturated carbocycles. The van der Waals surface area contributed by atoms with Gasteiger partial charge in [-0.2, -0.15) is 19.6 Å². The molecule has 1 aromatic carbocycles. The molecule has 0 radical (unpaired) electrons. The Hall–Kier alpha value is -3.42. The molecule has 8 nitrogen and oxygen atoms in total. The fraction of sp³-hybridized carbons (Fsp3) is 0.300. The third-order valence-electron chi connectivity index (χ3n) is 4.57. The molecule has 2 N–H and O–H groups in total. The van der Waals surface area contributed by atoms with Crippen LogP contribution in [0.4, 0.5) is 9.59 Å². The molecular formula is C20H24N6O2. The van der Waals surface area contributed by atoms with E-state index in [1.165, 1.54) is 9.36 Å². The van der Waals surface area contributed by atoms with Gasteiger partial charge in [0.1, 0.15) is 0 Å². The van der Waals surface area contributed by atoms with Crippen LogP contribution in [0.25, 0.3) is 0 Å². The summed E-state index contributed by atoms with van der Waals surface area (Å²) in [7, 11) is 0.